The first-order valence-corrected chi connectivity index (χ1v) is 8.20. The highest BCUT2D eigenvalue weighted by Gasteiger charge is 2.11. The first-order valence-electron chi connectivity index (χ1n) is 8.20. The van der Waals surface area contributed by atoms with Crippen LogP contribution in [0.3, 0.4) is 0 Å². The minimum Gasteiger partial charge on any atom is -0.300 e. The van der Waals surface area contributed by atoms with Crippen molar-refractivity contribution in [3.63, 3.8) is 0 Å². The molecule has 4 nitrogen and oxygen atoms in total. The van der Waals surface area contributed by atoms with E-state index < -0.39 is 0 Å². The monoisotopic (exact) mass is 326 g/mol. The van der Waals surface area contributed by atoms with Crippen LogP contribution in [0.4, 0.5) is 11.5 Å². The van der Waals surface area contributed by atoms with Gasteiger partial charge in [-0.1, -0.05) is 60.2 Å². The van der Waals surface area contributed by atoms with Gasteiger partial charge in [0.25, 0.3) is 0 Å². The van der Waals surface area contributed by atoms with Gasteiger partial charge in [0.05, 0.1) is 16.7 Å². The first-order chi connectivity index (χ1) is 12.3. The van der Waals surface area contributed by atoms with E-state index >= 15 is 0 Å². The Morgan fingerprint density at radius 2 is 1.28 bits per heavy atom. The molecule has 0 aliphatic heterocycles. The number of aromatic nitrogens is 2. The van der Waals surface area contributed by atoms with E-state index in [1.165, 1.54) is 5.56 Å². The second-order valence-corrected chi connectivity index (χ2v) is 5.89. The van der Waals surface area contributed by atoms with Crippen molar-refractivity contribution in [2.75, 3.05) is 10.9 Å². The molecule has 122 valence electrons. The van der Waals surface area contributed by atoms with Gasteiger partial charge in [0.1, 0.15) is 5.69 Å². The molecular formula is C21H18N4. The van der Waals surface area contributed by atoms with E-state index in [1.54, 1.807) is 0 Å². The number of para-hydroxylation sites is 3. The summed E-state index contributed by atoms with van der Waals surface area (Å²) in [7, 11) is 0. The minimum absolute atomic E-state index is 0.700. The molecule has 0 bridgehead atoms. The van der Waals surface area contributed by atoms with Crippen LogP contribution < -0.4 is 10.9 Å². The SMILES string of the molecule is Cc1ccc(-c2nc3ccccc3nc2NNc2ccccc2)cc1. The van der Waals surface area contributed by atoms with Crippen LogP contribution in [-0.2, 0) is 0 Å². The minimum atomic E-state index is 0.700. The molecule has 0 saturated heterocycles. The summed E-state index contributed by atoms with van der Waals surface area (Å²) in [5, 5.41) is 0. The number of nitrogens with one attached hydrogen (secondary N) is 2. The number of hydrazine groups is 1. The van der Waals surface area contributed by atoms with Crippen molar-refractivity contribution in [1.29, 1.82) is 0 Å². The zero-order valence-corrected chi connectivity index (χ0v) is 13.9. The van der Waals surface area contributed by atoms with Gasteiger partial charge in [0.2, 0.25) is 0 Å². The molecule has 2 N–H and O–H groups in total. The van der Waals surface area contributed by atoms with Crippen LogP contribution in [0.2, 0.25) is 0 Å². The van der Waals surface area contributed by atoms with Crippen LogP contribution in [0.15, 0.2) is 78.9 Å². The zero-order chi connectivity index (χ0) is 17.1. The third-order valence-electron chi connectivity index (χ3n) is 3.99. The van der Waals surface area contributed by atoms with E-state index in [-0.39, 0.29) is 0 Å². The largest absolute Gasteiger partial charge is 0.300 e. The summed E-state index contributed by atoms with van der Waals surface area (Å²) in [6, 6.07) is 26.1. The van der Waals surface area contributed by atoms with Crippen molar-refractivity contribution in [3.05, 3.63) is 84.4 Å². The molecule has 4 heteroatoms. The second kappa shape index (κ2) is 6.61. The lowest BCUT2D eigenvalue weighted by atomic mass is 10.1. The van der Waals surface area contributed by atoms with E-state index in [4.69, 9.17) is 9.97 Å². The molecule has 1 aromatic heterocycles. The van der Waals surface area contributed by atoms with Gasteiger partial charge in [-0.3, -0.25) is 10.9 Å². The number of aryl methyl sites for hydroxylation is 1. The number of fused-ring (bicyclic) bond motifs is 1. The van der Waals surface area contributed by atoms with Crippen LogP contribution in [0.5, 0.6) is 0 Å². The van der Waals surface area contributed by atoms with Gasteiger partial charge in [-0.2, -0.15) is 0 Å². The zero-order valence-electron chi connectivity index (χ0n) is 13.9. The molecule has 4 aromatic rings. The molecule has 25 heavy (non-hydrogen) atoms. The van der Waals surface area contributed by atoms with Gasteiger partial charge in [-0.25, -0.2) is 9.97 Å². The molecule has 0 radical (unpaired) electrons. The molecule has 0 spiro atoms. The van der Waals surface area contributed by atoms with E-state index in [0.29, 0.717) is 5.82 Å². The molecule has 4 rings (SSSR count). The van der Waals surface area contributed by atoms with E-state index in [2.05, 4.69) is 42.0 Å². The van der Waals surface area contributed by atoms with Crippen molar-refractivity contribution in [1.82, 2.24) is 9.97 Å². The van der Waals surface area contributed by atoms with Gasteiger partial charge in [-0.15, -0.1) is 0 Å². The second-order valence-electron chi connectivity index (χ2n) is 5.89. The lowest BCUT2D eigenvalue weighted by Crippen LogP contribution is -2.12. The fraction of sp³-hybridized carbons (Fsp3) is 0.0476. The maximum absolute atomic E-state index is 4.82. The molecule has 1 heterocycles. The van der Waals surface area contributed by atoms with Crippen molar-refractivity contribution in [2.24, 2.45) is 0 Å². The molecule has 3 aromatic carbocycles. The molecule has 0 aliphatic rings. The van der Waals surface area contributed by atoms with Gasteiger partial charge in [-0.05, 0) is 31.2 Å². The maximum Gasteiger partial charge on any atom is 0.171 e. The van der Waals surface area contributed by atoms with Crippen molar-refractivity contribution in [2.45, 2.75) is 6.92 Å². The Balaban J connectivity index is 1.77. The highest BCUT2D eigenvalue weighted by atomic mass is 15.4. The van der Waals surface area contributed by atoms with Crippen LogP contribution in [0.25, 0.3) is 22.3 Å². The lowest BCUT2D eigenvalue weighted by molar-refractivity contribution is 1.25. The smallest absolute Gasteiger partial charge is 0.171 e. The average molecular weight is 326 g/mol. The summed E-state index contributed by atoms with van der Waals surface area (Å²) >= 11 is 0. The molecular weight excluding hydrogens is 308 g/mol. The van der Waals surface area contributed by atoms with E-state index in [1.807, 2.05) is 54.6 Å². The fourth-order valence-electron chi connectivity index (χ4n) is 2.65. The molecule has 0 amide bonds. The normalized spacial score (nSPS) is 10.6. The molecule has 0 atom stereocenters. The van der Waals surface area contributed by atoms with Gasteiger partial charge >= 0.3 is 0 Å². The molecule has 0 aliphatic carbocycles. The third kappa shape index (κ3) is 3.28. The lowest BCUT2D eigenvalue weighted by Gasteiger charge is -2.14. The molecule has 0 saturated carbocycles. The summed E-state index contributed by atoms with van der Waals surface area (Å²) in [6.07, 6.45) is 0. The Morgan fingerprint density at radius 3 is 2.00 bits per heavy atom. The number of hydrogen-bond acceptors (Lipinski definition) is 4. The number of benzene rings is 3. The standard InChI is InChI=1S/C21H18N4/c1-15-11-13-16(14-12-15)20-21(25-24-17-7-3-2-4-8-17)23-19-10-6-5-9-18(19)22-20/h2-14,24H,1H3,(H,23,25). The number of anilines is 2. The summed E-state index contributed by atoms with van der Waals surface area (Å²) in [6.45, 7) is 2.08. The van der Waals surface area contributed by atoms with Crippen LogP contribution in [-0.4, -0.2) is 9.97 Å². The van der Waals surface area contributed by atoms with Gasteiger partial charge in [0.15, 0.2) is 5.82 Å². The Labute approximate surface area is 146 Å². The Bertz CT molecular complexity index is 995. The van der Waals surface area contributed by atoms with Crippen molar-refractivity contribution < 1.29 is 0 Å². The number of rotatable bonds is 4. The van der Waals surface area contributed by atoms with Crippen LogP contribution in [0, 0.1) is 6.92 Å². The Kier molecular flexibility index (Phi) is 4.01. The van der Waals surface area contributed by atoms with E-state index in [0.717, 1.165) is 28.0 Å². The van der Waals surface area contributed by atoms with Gasteiger partial charge < -0.3 is 0 Å². The Hall–Kier alpha value is -3.40. The van der Waals surface area contributed by atoms with Crippen LogP contribution in [0.1, 0.15) is 5.56 Å². The summed E-state index contributed by atoms with van der Waals surface area (Å²) in [4.78, 5) is 9.58. The predicted molar refractivity (Wildman–Crippen MR) is 103 cm³/mol. The topological polar surface area (TPSA) is 49.8 Å². The third-order valence-corrected chi connectivity index (χ3v) is 3.99. The van der Waals surface area contributed by atoms with Crippen LogP contribution >= 0.6 is 0 Å². The average Bonchev–Trinajstić information content (AvgIpc) is 2.67. The van der Waals surface area contributed by atoms with Crippen molar-refractivity contribution in [3.8, 4) is 11.3 Å². The van der Waals surface area contributed by atoms with Gasteiger partial charge in [0, 0.05) is 5.56 Å². The quantitative estimate of drug-likeness (QED) is 0.516. The predicted octanol–water partition coefficient (Wildman–Crippen LogP) is 5.04. The summed E-state index contributed by atoms with van der Waals surface area (Å²) in [5.41, 5.74) is 12.2. The summed E-state index contributed by atoms with van der Waals surface area (Å²) in [5.74, 6) is 0.700. The Morgan fingerprint density at radius 1 is 0.640 bits per heavy atom. The molecule has 0 fully saturated rings. The summed E-state index contributed by atoms with van der Waals surface area (Å²) < 4.78 is 0. The highest BCUT2D eigenvalue weighted by Crippen LogP contribution is 2.27. The first kappa shape index (κ1) is 15.1. The maximum atomic E-state index is 4.82. The van der Waals surface area contributed by atoms with E-state index in [9.17, 15) is 0 Å². The highest BCUT2D eigenvalue weighted by molar-refractivity contribution is 5.83. The molecule has 0 unspecified atom stereocenters. The number of hydrogen-bond donors (Lipinski definition) is 2. The van der Waals surface area contributed by atoms with Crippen molar-refractivity contribution >= 4 is 22.5 Å². The number of nitrogens with zero attached hydrogens (tertiary/aromatic N) is 2. The fourth-order valence-corrected chi connectivity index (χ4v) is 2.65.